The molecule has 1 aliphatic rings. The molecule has 2 aromatic carbocycles. The Bertz CT molecular complexity index is 878. The molecule has 0 atom stereocenters. The number of nitrogens with zero attached hydrogens (tertiary/aromatic N) is 1. The van der Waals surface area contributed by atoms with E-state index in [9.17, 15) is 15.0 Å². The SMILES string of the molecule is CC(C)(C)c1cc(C(=O)NCc2cccc(CN3CCCCCC3)c2)c(O)cc1O. The Morgan fingerprint density at radius 1 is 0.967 bits per heavy atom. The highest BCUT2D eigenvalue weighted by Gasteiger charge is 2.22. The van der Waals surface area contributed by atoms with E-state index in [0.29, 0.717) is 12.1 Å². The smallest absolute Gasteiger partial charge is 0.255 e. The first kappa shape index (κ1) is 22.2. The second kappa shape index (κ2) is 9.52. The number of hydrogen-bond donors (Lipinski definition) is 3. The molecule has 1 amide bonds. The van der Waals surface area contributed by atoms with Gasteiger partial charge in [0.05, 0.1) is 5.56 Å². The molecule has 30 heavy (non-hydrogen) atoms. The Balaban J connectivity index is 1.66. The first-order chi connectivity index (χ1) is 14.2. The lowest BCUT2D eigenvalue weighted by Gasteiger charge is -2.22. The molecular formula is C25H34N2O3. The standard InChI is InChI=1S/C25H34N2O3/c1-25(2,3)21-14-20(22(28)15-23(21)29)24(30)26-16-18-9-8-10-19(13-18)17-27-11-6-4-5-7-12-27/h8-10,13-15,28-29H,4-7,11-12,16-17H2,1-3H3,(H,26,30). The number of rotatable bonds is 5. The molecule has 3 rings (SSSR count). The molecule has 1 aliphatic heterocycles. The molecule has 0 aromatic heterocycles. The van der Waals surface area contributed by atoms with Crippen LogP contribution in [0.25, 0.3) is 0 Å². The highest BCUT2D eigenvalue weighted by Crippen LogP contribution is 2.35. The van der Waals surface area contributed by atoms with Gasteiger partial charge in [0, 0.05) is 24.7 Å². The number of amides is 1. The van der Waals surface area contributed by atoms with Crippen molar-refractivity contribution in [2.45, 2.75) is 65.0 Å². The van der Waals surface area contributed by atoms with Gasteiger partial charge in [-0.25, -0.2) is 0 Å². The van der Waals surface area contributed by atoms with E-state index in [1.54, 1.807) is 6.07 Å². The number of likely N-dealkylation sites (tertiary alicyclic amines) is 1. The van der Waals surface area contributed by atoms with Crippen LogP contribution in [0.15, 0.2) is 36.4 Å². The van der Waals surface area contributed by atoms with Crippen molar-refractivity contribution < 1.29 is 15.0 Å². The monoisotopic (exact) mass is 410 g/mol. The van der Waals surface area contributed by atoms with Gasteiger partial charge in [-0.05, 0) is 48.5 Å². The summed E-state index contributed by atoms with van der Waals surface area (Å²) in [4.78, 5) is 15.2. The molecular weight excluding hydrogens is 376 g/mol. The normalized spacial score (nSPS) is 15.6. The van der Waals surface area contributed by atoms with Gasteiger partial charge >= 0.3 is 0 Å². The Hall–Kier alpha value is -2.53. The highest BCUT2D eigenvalue weighted by atomic mass is 16.3. The van der Waals surface area contributed by atoms with Gasteiger partial charge in [-0.3, -0.25) is 9.69 Å². The van der Waals surface area contributed by atoms with Gasteiger partial charge in [-0.1, -0.05) is 57.9 Å². The van der Waals surface area contributed by atoms with E-state index in [2.05, 4.69) is 22.3 Å². The molecule has 1 fully saturated rings. The molecule has 3 N–H and O–H groups in total. The molecule has 162 valence electrons. The fourth-order valence-electron chi connectivity index (χ4n) is 4.03. The quantitative estimate of drug-likeness (QED) is 0.668. The largest absolute Gasteiger partial charge is 0.508 e. The van der Waals surface area contributed by atoms with E-state index in [4.69, 9.17) is 0 Å². The van der Waals surface area contributed by atoms with Crippen molar-refractivity contribution in [1.82, 2.24) is 10.2 Å². The fourth-order valence-corrected chi connectivity index (χ4v) is 4.03. The molecule has 0 unspecified atom stereocenters. The lowest BCUT2D eigenvalue weighted by atomic mass is 9.85. The van der Waals surface area contributed by atoms with Crippen LogP contribution in [0.3, 0.4) is 0 Å². The van der Waals surface area contributed by atoms with Crippen molar-refractivity contribution >= 4 is 5.91 Å². The Kier molecular flexibility index (Phi) is 7.03. The zero-order chi connectivity index (χ0) is 21.7. The van der Waals surface area contributed by atoms with Gasteiger partial charge in [0.2, 0.25) is 0 Å². The van der Waals surface area contributed by atoms with E-state index >= 15 is 0 Å². The predicted molar refractivity (Wildman–Crippen MR) is 120 cm³/mol. The summed E-state index contributed by atoms with van der Waals surface area (Å²) in [6.45, 7) is 9.49. The maximum absolute atomic E-state index is 12.7. The Labute approximate surface area is 179 Å². The van der Waals surface area contributed by atoms with Gasteiger partial charge in [0.15, 0.2) is 0 Å². The van der Waals surface area contributed by atoms with Gasteiger partial charge in [-0.15, -0.1) is 0 Å². The number of phenols is 2. The van der Waals surface area contributed by atoms with Crippen LogP contribution in [-0.4, -0.2) is 34.1 Å². The summed E-state index contributed by atoms with van der Waals surface area (Å²) in [5, 5.41) is 23.2. The number of hydrogen-bond acceptors (Lipinski definition) is 4. The number of benzene rings is 2. The molecule has 0 saturated carbocycles. The molecule has 0 bridgehead atoms. The van der Waals surface area contributed by atoms with Crippen LogP contribution in [0.2, 0.25) is 0 Å². The van der Waals surface area contributed by atoms with Gasteiger partial charge in [0.25, 0.3) is 5.91 Å². The minimum absolute atomic E-state index is 0.00207. The molecule has 1 heterocycles. The summed E-state index contributed by atoms with van der Waals surface area (Å²) >= 11 is 0. The lowest BCUT2D eigenvalue weighted by molar-refractivity contribution is 0.0948. The minimum Gasteiger partial charge on any atom is -0.508 e. The maximum atomic E-state index is 12.7. The molecule has 0 spiro atoms. The number of aromatic hydroxyl groups is 2. The van der Waals surface area contributed by atoms with Crippen molar-refractivity contribution in [1.29, 1.82) is 0 Å². The van der Waals surface area contributed by atoms with Gasteiger partial charge in [-0.2, -0.15) is 0 Å². The van der Waals surface area contributed by atoms with E-state index < -0.39 is 0 Å². The van der Waals surface area contributed by atoms with Crippen molar-refractivity contribution in [3.8, 4) is 11.5 Å². The highest BCUT2D eigenvalue weighted by molar-refractivity contribution is 5.97. The number of nitrogens with one attached hydrogen (secondary N) is 1. The van der Waals surface area contributed by atoms with Crippen LogP contribution >= 0.6 is 0 Å². The maximum Gasteiger partial charge on any atom is 0.255 e. The summed E-state index contributed by atoms with van der Waals surface area (Å²) in [5.74, 6) is -0.568. The van der Waals surface area contributed by atoms with Gasteiger partial charge < -0.3 is 15.5 Å². The Morgan fingerprint density at radius 2 is 1.63 bits per heavy atom. The van der Waals surface area contributed by atoms with E-state index in [-0.39, 0.29) is 28.4 Å². The molecule has 0 radical (unpaired) electrons. The third kappa shape index (κ3) is 5.76. The second-order valence-corrected chi connectivity index (χ2v) is 9.33. The van der Waals surface area contributed by atoms with Crippen LogP contribution in [0.5, 0.6) is 11.5 Å². The van der Waals surface area contributed by atoms with Gasteiger partial charge in [0.1, 0.15) is 11.5 Å². The third-order valence-corrected chi connectivity index (χ3v) is 5.72. The number of phenolic OH excluding ortho intramolecular Hbond substituents is 2. The molecule has 1 saturated heterocycles. The zero-order valence-corrected chi connectivity index (χ0v) is 18.4. The van der Waals surface area contributed by atoms with Crippen LogP contribution < -0.4 is 5.32 Å². The zero-order valence-electron chi connectivity index (χ0n) is 18.4. The predicted octanol–water partition coefficient (Wildman–Crippen LogP) is 4.70. The average molecular weight is 411 g/mol. The summed E-state index contributed by atoms with van der Waals surface area (Å²) < 4.78 is 0. The minimum atomic E-state index is -0.351. The molecule has 5 nitrogen and oxygen atoms in total. The summed E-state index contributed by atoms with van der Waals surface area (Å²) in [5.41, 5.74) is 2.76. The summed E-state index contributed by atoms with van der Waals surface area (Å²) in [6, 6.07) is 11.1. The summed E-state index contributed by atoms with van der Waals surface area (Å²) in [6.07, 6.45) is 5.18. The lowest BCUT2D eigenvalue weighted by Crippen LogP contribution is -2.25. The van der Waals surface area contributed by atoms with Crippen molar-refractivity contribution in [2.75, 3.05) is 13.1 Å². The van der Waals surface area contributed by atoms with Crippen LogP contribution in [0.1, 0.15) is 73.5 Å². The number of carbonyl (C=O) groups excluding carboxylic acids is 1. The fraction of sp³-hybridized carbons (Fsp3) is 0.480. The number of carbonyl (C=O) groups is 1. The second-order valence-electron chi connectivity index (χ2n) is 9.33. The molecule has 2 aromatic rings. The molecule has 5 heteroatoms. The van der Waals surface area contributed by atoms with E-state index in [1.807, 2.05) is 32.9 Å². The Morgan fingerprint density at radius 3 is 2.30 bits per heavy atom. The van der Waals surface area contributed by atoms with Crippen LogP contribution in [0, 0.1) is 0 Å². The van der Waals surface area contributed by atoms with Crippen LogP contribution in [-0.2, 0) is 18.5 Å². The van der Waals surface area contributed by atoms with Crippen LogP contribution in [0.4, 0.5) is 0 Å². The average Bonchev–Trinajstić information content (AvgIpc) is 2.94. The molecule has 0 aliphatic carbocycles. The van der Waals surface area contributed by atoms with E-state index in [1.165, 1.54) is 37.3 Å². The van der Waals surface area contributed by atoms with E-state index in [0.717, 1.165) is 25.2 Å². The van der Waals surface area contributed by atoms with Crippen molar-refractivity contribution in [3.63, 3.8) is 0 Å². The third-order valence-electron chi connectivity index (χ3n) is 5.72. The van der Waals surface area contributed by atoms with Crippen molar-refractivity contribution in [3.05, 3.63) is 58.7 Å². The van der Waals surface area contributed by atoms with Crippen molar-refractivity contribution in [2.24, 2.45) is 0 Å². The first-order valence-corrected chi connectivity index (χ1v) is 10.9. The topological polar surface area (TPSA) is 72.8 Å². The first-order valence-electron chi connectivity index (χ1n) is 10.9. The summed E-state index contributed by atoms with van der Waals surface area (Å²) in [7, 11) is 0.